The number of fused-ring (bicyclic) bond motifs is 1. The highest BCUT2D eigenvalue weighted by molar-refractivity contribution is 6.36. The van der Waals surface area contributed by atoms with Gasteiger partial charge in [0.2, 0.25) is 0 Å². The molecule has 0 aliphatic heterocycles. The van der Waals surface area contributed by atoms with Crippen LogP contribution < -0.4 is 5.32 Å². The lowest BCUT2D eigenvalue weighted by Crippen LogP contribution is -2.28. The Balaban J connectivity index is 2.17. The Morgan fingerprint density at radius 2 is 2.04 bits per heavy atom. The summed E-state index contributed by atoms with van der Waals surface area (Å²) in [6.45, 7) is 0.0708. The van der Waals surface area contributed by atoms with Crippen LogP contribution in [-0.2, 0) is 7.05 Å². The minimum atomic E-state index is -0.284. The van der Waals surface area contributed by atoms with Gasteiger partial charge in [-0.05, 0) is 12.1 Å². The topological polar surface area (TPSA) is 67.2 Å². The highest BCUT2D eigenvalue weighted by Gasteiger charge is 2.19. The van der Waals surface area contributed by atoms with E-state index in [-0.39, 0.29) is 19.1 Å². The summed E-state index contributed by atoms with van der Waals surface area (Å²) >= 11 is 12.3. The van der Waals surface area contributed by atoms with E-state index in [4.69, 9.17) is 28.3 Å². The molecule has 0 radical (unpaired) electrons. The number of benzene rings is 2. The van der Waals surface area contributed by atoms with Crippen LogP contribution >= 0.6 is 23.2 Å². The van der Waals surface area contributed by atoms with Crippen LogP contribution in [0.1, 0.15) is 10.5 Å². The van der Waals surface area contributed by atoms with E-state index in [9.17, 15) is 4.79 Å². The standard InChI is InChI=1S/C17H15Cl2N3O2/c1-22-16(17(24)20-7-8-23)13-4-2-3-12(15(13)21-22)11-6-5-10(18)9-14(11)19/h2-6,9,23H,7-8H2,1H3,(H,20,24). The maximum absolute atomic E-state index is 12.3. The van der Waals surface area contributed by atoms with Crippen LogP contribution in [0.4, 0.5) is 0 Å². The summed E-state index contributed by atoms with van der Waals surface area (Å²) in [5.41, 5.74) is 2.74. The molecule has 0 spiro atoms. The molecular formula is C17H15Cl2N3O2. The highest BCUT2D eigenvalue weighted by Crippen LogP contribution is 2.35. The van der Waals surface area contributed by atoms with Crippen molar-refractivity contribution in [2.45, 2.75) is 0 Å². The van der Waals surface area contributed by atoms with Crippen LogP contribution in [0.25, 0.3) is 22.0 Å². The van der Waals surface area contributed by atoms with Crippen LogP contribution in [0, 0.1) is 0 Å². The molecule has 0 saturated heterocycles. The van der Waals surface area contributed by atoms with E-state index >= 15 is 0 Å². The van der Waals surface area contributed by atoms with Crippen molar-refractivity contribution < 1.29 is 9.90 Å². The number of rotatable bonds is 4. The molecule has 1 aromatic heterocycles. The Hall–Kier alpha value is -2.08. The van der Waals surface area contributed by atoms with Crippen molar-refractivity contribution in [1.82, 2.24) is 15.1 Å². The van der Waals surface area contributed by atoms with Crippen LogP contribution in [0.5, 0.6) is 0 Å². The van der Waals surface area contributed by atoms with E-state index in [1.165, 1.54) is 4.68 Å². The highest BCUT2D eigenvalue weighted by atomic mass is 35.5. The molecule has 1 amide bonds. The number of hydrogen-bond acceptors (Lipinski definition) is 3. The second-order valence-corrected chi connectivity index (χ2v) is 6.12. The Bertz CT molecular complexity index is 922. The van der Waals surface area contributed by atoms with Gasteiger partial charge in [-0.25, -0.2) is 0 Å². The molecule has 1 heterocycles. The molecule has 3 rings (SSSR count). The van der Waals surface area contributed by atoms with Crippen molar-refractivity contribution >= 4 is 40.0 Å². The maximum Gasteiger partial charge on any atom is 0.270 e. The fourth-order valence-corrected chi connectivity index (χ4v) is 3.17. The Labute approximate surface area is 148 Å². The quantitative estimate of drug-likeness (QED) is 0.747. The zero-order valence-corrected chi connectivity index (χ0v) is 14.4. The number of aliphatic hydroxyl groups is 1. The van der Waals surface area contributed by atoms with E-state index in [1.54, 1.807) is 19.2 Å². The largest absolute Gasteiger partial charge is 0.395 e. The van der Waals surface area contributed by atoms with Gasteiger partial charge in [-0.1, -0.05) is 47.5 Å². The lowest BCUT2D eigenvalue weighted by atomic mass is 10.0. The van der Waals surface area contributed by atoms with Gasteiger partial charge in [0.1, 0.15) is 11.2 Å². The van der Waals surface area contributed by atoms with Gasteiger partial charge < -0.3 is 10.4 Å². The van der Waals surface area contributed by atoms with Gasteiger partial charge in [0.05, 0.1) is 6.61 Å². The first-order valence-electron chi connectivity index (χ1n) is 7.33. The number of aromatic nitrogens is 2. The van der Waals surface area contributed by atoms with Gasteiger partial charge in [0, 0.05) is 40.2 Å². The zero-order chi connectivity index (χ0) is 17.3. The van der Waals surface area contributed by atoms with Gasteiger partial charge in [-0.15, -0.1) is 0 Å². The Morgan fingerprint density at radius 1 is 1.25 bits per heavy atom. The molecule has 0 saturated carbocycles. The van der Waals surface area contributed by atoms with Crippen LogP contribution in [-0.4, -0.2) is 33.9 Å². The molecule has 124 valence electrons. The molecule has 0 bridgehead atoms. The number of amides is 1. The first-order valence-corrected chi connectivity index (χ1v) is 8.08. The molecule has 0 atom stereocenters. The third-order valence-corrected chi connectivity index (χ3v) is 4.25. The predicted molar refractivity (Wildman–Crippen MR) is 95.6 cm³/mol. The van der Waals surface area contributed by atoms with Gasteiger partial charge in [-0.3, -0.25) is 9.48 Å². The van der Waals surface area contributed by atoms with Crippen LogP contribution in [0.2, 0.25) is 10.0 Å². The number of aliphatic hydroxyl groups excluding tert-OH is 1. The zero-order valence-electron chi connectivity index (χ0n) is 12.9. The second-order valence-electron chi connectivity index (χ2n) is 5.28. The Morgan fingerprint density at radius 3 is 2.75 bits per heavy atom. The summed E-state index contributed by atoms with van der Waals surface area (Å²) in [5, 5.41) is 17.8. The number of nitrogens with one attached hydrogen (secondary N) is 1. The minimum absolute atomic E-state index is 0.118. The summed E-state index contributed by atoms with van der Waals surface area (Å²) in [6, 6.07) is 10.9. The van der Waals surface area contributed by atoms with Crippen molar-refractivity contribution in [2.24, 2.45) is 7.05 Å². The lowest BCUT2D eigenvalue weighted by Gasteiger charge is -2.06. The molecule has 3 aromatic rings. The summed E-state index contributed by atoms with van der Waals surface area (Å²) in [5.74, 6) is -0.284. The molecule has 0 aliphatic rings. The van der Waals surface area contributed by atoms with Crippen LogP contribution in [0.15, 0.2) is 36.4 Å². The number of halogens is 2. The van der Waals surface area contributed by atoms with E-state index < -0.39 is 0 Å². The average molecular weight is 364 g/mol. The first kappa shape index (κ1) is 16.8. The number of hydrogen-bond donors (Lipinski definition) is 2. The van der Waals surface area contributed by atoms with E-state index in [0.29, 0.717) is 21.3 Å². The summed E-state index contributed by atoms with van der Waals surface area (Å²) in [7, 11) is 1.71. The van der Waals surface area contributed by atoms with Crippen molar-refractivity contribution in [2.75, 3.05) is 13.2 Å². The molecule has 5 nitrogen and oxygen atoms in total. The number of nitrogens with zero attached hydrogens (tertiary/aromatic N) is 2. The molecule has 0 fully saturated rings. The van der Waals surface area contributed by atoms with Crippen molar-refractivity contribution in [3.05, 3.63) is 52.1 Å². The minimum Gasteiger partial charge on any atom is -0.395 e. The van der Waals surface area contributed by atoms with E-state index in [0.717, 1.165) is 16.5 Å². The average Bonchev–Trinajstić information content (AvgIpc) is 2.89. The molecule has 7 heteroatoms. The van der Waals surface area contributed by atoms with Gasteiger partial charge >= 0.3 is 0 Å². The van der Waals surface area contributed by atoms with Crippen molar-refractivity contribution in [3.63, 3.8) is 0 Å². The smallest absolute Gasteiger partial charge is 0.270 e. The predicted octanol–water partition coefficient (Wildman–Crippen LogP) is 3.27. The third-order valence-electron chi connectivity index (χ3n) is 3.70. The Kier molecular flexibility index (Phi) is 4.76. The summed E-state index contributed by atoms with van der Waals surface area (Å²) in [4.78, 5) is 12.3. The number of carbonyl (C=O) groups excluding carboxylic acids is 1. The van der Waals surface area contributed by atoms with E-state index in [2.05, 4.69) is 10.4 Å². The van der Waals surface area contributed by atoms with Crippen molar-refractivity contribution in [1.29, 1.82) is 0 Å². The van der Waals surface area contributed by atoms with Crippen molar-refractivity contribution in [3.8, 4) is 11.1 Å². The normalized spacial score (nSPS) is 11.0. The molecule has 2 aromatic carbocycles. The van der Waals surface area contributed by atoms with Gasteiger partial charge in [0.25, 0.3) is 5.91 Å². The lowest BCUT2D eigenvalue weighted by molar-refractivity contribution is 0.0937. The molecule has 0 unspecified atom stereocenters. The van der Waals surface area contributed by atoms with Gasteiger partial charge in [-0.2, -0.15) is 5.10 Å². The van der Waals surface area contributed by atoms with Gasteiger partial charge in [0.15, 0.2) is 0 Å². The summed E-state index contributed by atoms with van der Waals surface area (Å²) < 4.78 is 1.53. The van der Waals surface area contributed by atoms with E-state index in [1.807, 2.05) is 24.3 Å². The third kappa shape index (κ3) is 2.98. The number of carbonyl (C=O) groups is 1. The van der Waals surface area contributed by atoms with Crippen LogP contribution in [0.3, 0.4) is 0 Å². The fraction of sp³-hybridized carbons (Fsp3) is 0.176. The SMILES string of the molecule is Cn1nc2c(-c3ccc(Cl)cc3Cl)cccc2c1C(=O)NCCO. The molecule has 0 aliphatic carbocycles. The summed E-state index contributed by atoms with van der Waals surface area (Å²) in [6.07, 6.45) is 0. The molecular weight excluding hydrogens is 349 g/mol. The molecule has 24 heavy (non-hydrogen) atoms. The molecule has 2 N–H and O–H groups in total. The second kappa shape index (κ2) is 6.81. The number of aryl methyl sites for hydroxylation is 1. The monoisotopic (exact) mass is 363 g/mol. The maximum atomic E-state index is 12.3. The first-order chi connectivity index (χ1) is 11.5. The fourth-order valence-electron chi connectivity index (χ4n) is 2.66.